The number of nitrogen functional groups attached to an aromatic ring is 1. The molecule has 5 aromatic rings. The SMILES string of the molecule is C/C=C\C(=C/CC)c1ccc2nc(-c3cccnc3N)n(-c3ccc(CN4CCC(N(C)c5ccnc(C#N)n5)CC4)cc3)c2n1. The molecule has 232 valence electrons. The summed E-state index contributed by atoms with van der Waals surface area (Å²) in [4.78, 5) is 27.5. The van der Waals surface area contributed by atoms with Gasteiger partial charge >= 0.3 is 0 Å². The molecule has 10 nitrogen and oxygen atoms in total. The molecule has 1 aliphatic rings. The third-order valence-electron chi connectivity index (χ3n) is 8.46. The zero-order valence-electron chi connectivity index (χ0n) is 26.5. The van der Waals surface area contributed by atoms with Gasteiger partial charge in [0.05, 0.1) is 11.3 Å². The van der Waals surface area contributed by atoms with Crippen molar-refractivity contribution in [2.75, 3.05) is 30.8 Å². The number of piperidine rings is 1. The van der Waals surface area contributed by atoms with Gasteiger partial charge in [-0.15, -0.1) is 0 Å². The van der Waals surface area contributed by atoms with Gasteiger partial charge in [-0.2, -0.15) is 5.26 Å². The highest BCUT2D eigenvalue weighted by molar-refractivity contribution is 5.85. The Morgan fingerprint density at radius 3 is 2.54 bits per heavy atom. The van der Waals surface area contributed by atoms with Crippen LogP contribution >= 0.6 is 0 Å². The Kier molecular flexibility index (Phi) is 9.13. The minimum absolute atomic E-state index is 0.202. The number of hydrogen-bond donors (Lipinski definition) is 1. The van der Waals surface area contributed by atoms with E-state index >= 15 is 0 Å². The Morgan fingerprint density at radius 2 is 1.83 bits per heavy atom. The smallest absolute Gasteiger partial charge is 0.234 e. The molecule has 1 aromatic carbocycles. The van der Waals surface area contributed by atoms with Crippen molar-refractivity contribution in [3.8, 4) is 23.1 Å². The van der Waals surface area contributed by atoms with Crippen LogP contribution < -0.4 is 10.6 Å². The van der Waals surface area contributed by atoms with Crippen LogP contribution in [0, 0.1) is 11.3 Å². The Balaban J connectivity index is 1.25. The number of fused-ring (bicyclic) bond motifs is 1. The summed E-state index contributed by atoms with van der Waals surface area (Å²) in [5.41, 5.74) is 12.9. The van der Waals surface area contributed by atoms with Crippen molar-refractivity contribution in [1.82, 2.24) is 34.4 Å². The van der Waals surface area contributed by atoms with Crippen LogP contribution in [0.5, 0.6) is 0 Å². The molecule has 10 heteroatoms. The number of likely N-dealkylation sites (tertiary alicyclic amines) is 1. The fourth-order valence-electron chi connectivity index (χ4n) is 6.07. The number of benzene rings is 1. The average molecular weight is 611 g/mol. The number of nitriles is 1. The van der Waals surface area contributed by atoms with Gasteiger partial charge in [-0.1, -0.05) is 37.3 Å². The van der Waals surface area contributed by atoms with Gasteiger partial charge in [0.2, 0.25) is 5.82 Å². The second kappa shape index (κ2) is 13.7. The third kappa shape index (κ3) is 6.36. The van der Waals surface area contributed by atoms with E-state index in [9.17, 15) is 5.26 Å². The zero-order chi connectivity index (χ0) is 32.0. The monoisotopic (exact) mass is 610 g/mol. The maximum Gasteiger partial charge on any atom is 0.234 e. The first-order valence-electron chi connectivity index (χ1n) is 15.7. The lowest BCUT2D eigenvalue weighted by atomic mass is 10.0. The summed E-state index contributed by atoms with van der Waals surface area (Å²) in [6, 6.07) is 20.8. The van der Waals surface area contributed by atoms with E-state index in [2.05, 4.69) is 79.7 Å². The molecule has 1 saturated heterocycles. The van der Waals surface area contributed by atoms with Crippen LogP contribution in [0.4, 0.5) is 11.6 Å². The molecule has 4 aromatic heterocycles. The number of nitrogens with two attached hydrogens (primary N) is 1. The topological polar surface area (TPSA) is 126 Å². The van der Waals surface area contributed by atoms with Crippen LogP contribution in [0.2, 0.25) is 0 Å². The highest BCUT2D eigenvalue weighted by Gasteiger charge is 2.24. The van der Waals surface area contributed by atoms with Crippen molar-refractivity contribution in [1.29, 1.82) is 5.26 Å². The van der Waals surface area contributed by atoms with Crippen LogP contribution in [0.25, 0.3) is 33.8 Å². The van der Waals surface area contributed by atoms with Gasteiger partial charge in [0.15, 0.2) is 11.5 Å². The van der Waals surface area contributed by atoms with Gasteiger partial charge in [-0.3, -0.25) is 9.47 Å². The summed E-state index contributed by atoms with van der Waals surface area (Å²) in [6.45, 7) is 6.98. The van der Waals surface area contributed by atoms with Crippen molar-refractivity contribution >= 4 is 28.4 Å². The van der Waals surface area contributed by atoms with Crippen LogP contribution in [0.1, 0.15) is 50.2 Å². The molecule has 6 rings (SSSR count). The second-order valence-electron chi connectivity index (χ2n) is 11.4. The first-order valence-corrected chi connectivity index (χ1v) is 15.7. The van der Waals surface area contributed by atoms with E-state index in [1.165, 1.54) is 5.56 Å². The minimum atomic E-state index is 0.202. The summed E-state index contributed by atoms with van der Waals surface area (Å²) in [5.74, 6) is 2.13. The molecule has 0 atom stereocenters. The average Bonchev–Trinajstić information content (AvgIpc) is 3.47. The molecule has 1 aliphatic heterocycles. The Labute approximate surface area is 269 Å². The number of imidazole rings is 1. The van der Waals surface area contributed by atoms with E-state index in [4.69, 9.17) is 15.7 Å². The highest BCUT2D eigenvalue weighted by Crippen LogP contribution is 2.32. The first kappa shape index (κ1) is 30.6. The van der Waals surface area contributed by atoms with Crippen molar-refractivity contribution in [2.24, 2.45) is 0 Å². The molecule has 0 radical (unpaired) electrons. The van der Waals surface area contributed by atoms with E-state index in [-0.39, 0.29) is 5.82 Å². The molecule has 0 amide bonds. The van der Waals surface area contributed by atoms with E-state index in [0.717, 1.165) is 78.4 Å². The standard InChI is InChI=1S/C36H38N10/c1-4-7-26(8-5-2)30-14-15-31-36(41-30)46(35(42-31)29-9-6-19-40-34(29)38)28-12-10-25(11-13-28)24-45-21-17-27(18-22-45)44(3)33-16-20-39-32(23-37)43-33/h4,6-16,19-20,27H,5,17-18,21-22,24H2,1-3H3,(H2,38,40)/b7-4-,26-8+. The Morgan fingerprint density at radius 1 is 1.02 bits per heavy atom. The molecule has 0 unspecified atom stereocenters. The number of hydrogen-bond acceptors (Lipinski definition) is 9. The zero-order valence-corrected chi connectivity index (χ0v) is 26.5. The molecule has 0 spiro atoms. The summed E-state index contributed by atoms with van der Waals surface area (Å²) in [6.07, 6.45) is 12.6. The number of pyridine rings is 2. The van der Waals surface area contributed by atoms with Gasteiger partial charge in [0, 0.05) is 50.8 Å². The second-order valence-corrected chi connectivity index (χ2v) is 11.4. The highest BCUT2D eigenvalue weighted by atomic mass is 15.2. The Bertz CT molecular complexity index is 1930. The summed E-state index contributed by atoms with van der Waals surface area (Å²) in [7, 11) is 2.05. The van der Waals surface area contributed by atoms with Crippen molar-refractivity contribution in [2.45, 2.75) is 45.7 Å². The summed E-state index contributed by atoms with van der Waals surface area (Å²) in [5, 5.41) is 9.17. The fourth-order valence-corrected chi connectivity index (χ4v) is 6.07. The normalized spacial score (nSPS) is 14.6. The van der Waals surface area contributed by atoms with E-state index in [0.29, 0.717) is 17.7 Å². The molecule has 46 heavy (non-hydrogen) atoms. The summed E-state index contributed by atoms with van der Waals surface area (Å²) < 4.78 is 2.08. The third-order valence-corrected chi connectivity index (χ3v) is 8.46. The lowest BCUT2D eigenvalue weighted by Gasteiger charge is -2.37. The fraction of sp³-hybridized carbons (Fsp3) is 0.278. The van der Waals surface area contributed by atoms with Crippen LogP contribution in [-0.4, -0.2) is 60.6 Å². The molecule has 0 aliphatic carbocycles. The first-order chi connectivity index (χ1) is 22.5. The molecule has 2 N–H and O–H groups in total. The van der Waals surface area contributed by atoms with Crippen LogP contribution in [0.3, 0.4) is 0 Å². The molecule has 5 heterocycles. The summed E-state index contributed by atoms with van der Waals surface area (Å²) >= 11 is 0. The maximum atomic E-state index is 9.17. The lowest BCUT2D eigenvalue weighted by molar-refractivity contribution is 0.203. The van der Waals surface area contributed by atoms with Gasteiger partial charge in [0.25, 0.3) is 0 Å². The van der Waals surface area contributed by atoms with Crippen LogP contribution in [-0.2, 0) is 6.54 Å². The minimum Gasteiger partial charge on any atom is -0.383 e. The van der Waals surface area contributed by atoms with Gasteiger partial charge in [-0.25, -0.2) is 24.9 Å². The van der Waals surface area contributed by atoms with Gasteiger partial charge in [-0.05, 0) is 79.8 Å². The maximum absolute atomic E-state index is 9.17. The molecular formula is C36H38N10. The van der Waals surface area contributed by atoms with E-state index in [1.807, 2.05) is 49.4 Å². The van der Waals surface area contributed by atoms with Gasteiger partial charge < -0.3 is 10.6 Å². The molecule has 0 bridgehead atoms. The number of anilines is 2. The largest absolute Gasteiger partial charge is 0.383 e. The quantitative estimate of drug-likeness (QED) is 0.194. The molecule has 1 fully saturated rings. The molecule has 0 saturated carbocycles. The van der Waals surface area contributed by atoms with Crippen molar-refractivity contribution in [3.05, 3.63) is 102 Å². The van der Waals surface area contributed by atoms with Crippen LogP contribution in [0.15, 0.2) is 85.2 Å². The van der Waals surface area contributed by atoms with Crippen molar-refractivity contribution < 1.29 is 0 Å². The van der Waals surface area contributed by atoms with Crippen molar-refractivity contribution in [3.63, 3.8) is 0 Å². The number of nitrogens with zero attached hydrogens (tertiary/aromatic N) is 9. The lowest BCUT2D eigenvalue weighted by Crippen LogP contribution is -2.43. The molecular weight excluding hydrogens is 572 g/mol. The van der Waals surface area contributed by atoms with Gasteiger partial charge in [0.1, 0.15) is 23.2 Å². The van der Waals surface area contributed by atoms with E-state index < -0.39 is 0 Å². The number of allylic oxidation sites excluding steroid dienone is 4. The predicted molar refractivity (Wildman–Crippen MR) is 183 cm³/mol. The predicted octanol–water partition coefficient (Wildman–Crippen LogP) is 6.20. The number of aromatic nitrogens is 6. The number of rotatable bonds is 9. The Hall–Kier alpha value is -5.40. The van der Waals surface area contributed by atoms with E-state index in [1.54, 1.807) is 12.4 Å².